The van der Waals surface area contributed by atoms with Crippen LogP contribution >= 0.6 is 0 Å². The Labute approximate surface area is 175 Å². The van der Waals surface area contributed by atoms with Gasteiger partial charge in [-0.05, 0) is 61.4 Å². The van der Waals surface area contributed by atoms with Gasteiger partial charge in [0, 0.05) is 11.3 Å². The number of hydrogen-bond acceptors (Lipinski definition) is 4. The average Bonchev–Trinajstić information content (AvgIpc) is 2.73. The van der Waals surface area contributed by atoms with Crippen LogP contribution in [0.3, 0.4) is 0 Å². The molecule has 1 amide bonds. The molecule has 6 heteroatoms. The van der Waals surface area contributed by atoms with Crippen LogP contribution in [0.2, 0.25) is 0 Å². The molecule has 0 aliphatic carbocycles. The normalized spacial score (nSPS) is 10.6. The van der Waals surface area contributed by atoms with E-state index in [-0.39, 0.29) is 5.57 Å². The highest BCUT2D eigenvalue weighted by Crippen LogP contribution is 2.34. The topological polar surface area (TPSA) is 71.3 Å². The molecule has 5 nitrogen and oxygen atoms in total. The van der Waals surface area contributed by atoms with E-state index in [1.807, 2.05) is 19.1 Å². The maximum absolute atomic E-state index is 13.0. The van der Waals surface area contributed by atoms with Crippen LogP contribution in [-0.2, 0) is 11.2 Å². The molecule has 1 N–H and O–H groups in total. The second-order valence-electron chi connectivity index (χ2n) is 6.16. The van der Waals surface area contributed by atoms with Crippen molar-refractivity contribution in [3.63, 3.8) is 0 Å². The quantitative estimate of drug-likeness (QED) is 0.340. The summed E-state index contributed by atoms with van der Waals surface area (Å²) in [5, 5.41) is 12.1. The summed E-state index contributed by atoms with van der Waals surface area (Å²) in [7, 11) is 0. The molecule has 0 aliphatic heterocycles. The molecule has 0 bridgehead atoms. The number of nitrogens with one attached hydrogen (secondary N) is 1. The van der Waals surface area contributed by atoms with Crippen molar-refractivity contribution in [3.8, 4) is 17.6 Å². The maximum atomic E-state index is 13.0. The molecule has 154 valence electrons. The average molecular weight is 406 g/mol. The zero-order chi connectivity index (χ0) is 21.9. The standard InChI is InChI=1S/C24H23FN2O3/c1-4-7-18-13-17(15-22(29-6-3)23(18)30-12-5-2)14-19(16-26)24(28)27-21-10-8-20(25)9-11-21/h4-5,8-11,13-15H,1-2,6-7,12H2,3H3,(H,27,28)/b19-14+. The summed E-state index contributed by atoms with van der Waals surface area (Å²) in [5.41, 5.74) is 1.69. The molecule has 0 radical (unpaired) electrons. The minimum atomic E-state index is -0.598. The Morgan fingerprint density at radius 2 is 1.93 bits per heavy atom. The van der Waals surface area contributed by atoms with Crippen LogP contribution in [0, 0.1) is 17.1 Å². The Morgan fingerprint density at radius 3 is 2.53 bits per heavy atom. The minimum Gasteiger partial charge on any atom is -0.490 e. The van der Waals surface area contributed by atoms with Crippen LogP contribution in [0.25, 0.3) is 6.08 Å². The first-order valence-corrected chi connectivity index (χ1v) is 9.35. The molecule has 0 spiro atoms. The summed E-state index contributed by atoms with van der Waals surface area (Å²) in [5.74, 6) is 0.0598. The molecule has 0 aliphatic rings. The monoisotopic (exact) mass is 406 g/mol. The molecule has 2 aromatic rings. The van der Waals surface area contributed by atoms with Gasteiger partial charge in [-0.25, -0.2) is 4.39 Å². The number of nitriles is 1. The van der Waals surface area contributed by atoms with Gasteiger partial charge in [0.25, 0.3) is 5.91 Å². The third-order valence-electron chi connectivity index (χ3n) is 3.94. The van der Waals surface area contributed by atoms with Crippen LogP contribution in [0.1, 0.15) is 18.1 Å². The van der Waals surface area contributed by atoms with Gasteiger partial charge in [-0.2, -0.15) is 5.26 Å². The van der Waals surface area contributed by atoms with E-state index in [2.05, 4.69) is 18.5 Å². The highest BCUT2D eigenvalue weighted by Gasteiger charge is 2.15. The number of nitrogens with zero attached hydrogens (tertiary/aromatic N) is 1. The molecule has 30 heavy (non-hydrogen) atoms. The number of halogens is 1. The van der Waals surface area contributed by atoms with Crippen molar-refractivity contribution in [2.45, 2.75) is 13.3 Å². The predicted octanol–water partition coefficient (Wildman–Crippen LogP) is 5.06. The first kappa shape index (κ1) is 22.4. The highest BCUT2D eigenvalue weighted by atomic mass is 19.1. The Morgan fingerprint density at radius 1 is 1.20 bits per heavy atom. The lowest BCUT2D eigenvalue weighted by Crippen LogP contribution is -2.13. The van der Waals surface area contributed by atoms with Crippen LogP contribution in [-0.4, -0.2) is 19.1 Å². The number of carbonyl (C=O) groups is 1. The number of anilines is 1. The van der Waals surface area contributed by atoms with Crippen molar-refractivity contribution < 1.29 is 18.7 Å². The Hall–Kier alpha value is -3.85. The van der Waals surface area contributed by atoms with Crippen molar-refractivity contribution in [2.75, 3.05) is 18.5 Å². The molecule has 0 saturated carbocycles. The van der Waals surface area contributed by atoms with Crippen LogP contribution in [0.15, 0.2) is 67.3 Å². The zero-order valence-corrected chi connectivity index (χ0v) is 16.8. The van der Waals surface area contributed by atoms with Crippen LogP contribution in [0.5, 0.6) is 11.5 Å². The number of carbonyl (C=O) groups excluding carboxylic acids is 1. The van der Waals surface area contributed by atoms with Gasteiger partial charge in [0.05, 0.1) is 6.61 Å². The van der Waals surface area contributed by atoms with Crippen molar-refractivity contribution in [1.29, 1.82) is 5.26 Å². The fourth-order valence-corrected chi connectivity index (χ4v) is 2.69. The molecule has 0 atom stereocenters. The first-order chi connectivity index (χ1) is 14.5. The second kappa shape index (κ2) is 11.2. The predicted molar refractivity (Wildman–Crippen MR) is 116 cm³/mol. The highest BCUT2D eigenvalue weighted by molar-refractivity contribution is 6.09. The van der Waals surface area contributed by atoms with Gasteiger partial charge in [0.15, 0.2) is 11.5 Å². The van der Waals surface area contributed by atoms with Crippen molar-refractivity contribution >= 4 is 17.7 Å². The van der Waals surface area contributed by atoms with E-state index in [1.165, 1.54) is 30.3 Å². The number of amides is 1. The van der Waals surface area contributed by atoms with Gasteiger partial charge in [0.1, 0.15) is 24.1 Å². The number of ether oxygens (including phenoxy) is 2. The molecular formula is C24H23FN2O3. The van der Waals surface area contributed by atoms with E-state index in [0.29, 0.717) is 42.4 Å². The first-order valence-electron chi connectivity index (χ1n) is 9.35. The molecular weight excluding hydrogens is 383 g/mol. The van der Waals surface area contributed by atoms with Crippen molar-refractivity contribution in [1.82, 2.24) is 0 Å². The van der Waals surface area contributed by atoms with E-state index >= 15 is 0 Å². The SMILES string of the molecule is C=CCOc1c(CC=C)cc(/C=C(\C#N)C(=O)Nc2ccc(F)cc2)cc1OCC. The summed E-state index contributed by atoms with van der Waals surface area (Å²) in [4.78, 5) is 12.5. The van der Waals surface area contributed by atoms with Gasteiger partial charge < -0.3 is 14.8 Å². The van der Waals surface area contributed by atoms with Crippen molar-refractivity contribution in [3.05, 3.63) is 84.2 Å². The van der Waals surface area contributed by atoms with E-state index in [0.717, 1.165) is 5.56 Å². The van der Waals surface area contributed by atoms with Gasteiger partial charge in [-0.15, -0.1) is 6.58 Å². The molecule has 2 rings (SSSR count). The van der Waals surface area contributed by atoms with Gasteiger partial charge in [-0.3, -0.25) is 4.79 Å². The second-order valence-corrected chi connectivity index (χ2v) is 6.16. The fraction of sp³-hybridized carbons (Fsp3) is 0.167. The van der Waals surface area contributed by atoms with Crippen LogP contribution < -0.4 is 14.8 Å². The van der Waals surface area contributed by atoms with Gasteiger partial charge in [-0.1, -0.05) is 18.7 Å². The van der Waals surface area contributed by atoms with Crippen LogP contribution in [0.4, 0.5) is 10.1 Å². The number of allylic oxidation sites excluding steroid dienone is 1. The number of rotatable bonds is 10. The van der Waals surface area contributed by atoms with E-state index in [1.54, 1.807) is 18.2 Å². The third kappa shape index (κ3) is 6.08. The molecule has 0 heterocycles. The Bertz CT molecular complexity index is 989. The fourth-order valence-electron chi connectivity index (χ4n) is 2.69. The molecule has 0 fully saturated rings. The van der Waals surface area contributed by atoms with Gasteiger partial charge >= 0.3 is 0 Å². The molecule has 2 aromatic carbocycles. The smallest absolute Gasteiger partial charge is 0.266 e. The Kier molecular flexibility index (Phi) is 8.40. The molecule has 0 aromatic heterocycles. The largest absolute Gasteiger partial charge is 0.490 e. The summed E-state index contributed by atoms with van der Waals surface area (Å²) >= 11 is 0. The summed E-state index contributed by atoms with van der Waals surface area (Å²) in [6.45, 7) is 10.0. The number of hydrogen-bond donors (Lipinski definition) is 1. The zero-order valence-electron chi connectivity index (χ0n) is 16.8. The van der Waals surface area contributed by atoms with Crippen molar-refractivity contribution in [2.24, 2.45) is 0 Å². The van der Waals surface area contributed by atoms with E-state index < -0.39 is 11.7 Å². The number of benzene rings is 2. The van der Waals surface area contributed by atoms with E-state index in [4.69, 9.17) is 9.47 Å². The third-order valence-corrected chi connectivity index (χ3v) is 3.94. The lowest BCUT2D eigenvalue weighted by Gasteiger charge is -2.16. The summed E-state index contributed by atoms with van der Waals surface area (Å²) in [6, 6.07) is 10.7. The lowest BCUT2D eigenvalue weighted by atomic mass is 10.0. The summed E-state index contributed by atoms with van der Waals surface area (Å²) in [6.07, 6.45) is 5.34. The Balaban J connectivity index is 2.40. The summed E-state index contributed by atoms with van der Waals surface area (Å²) < 4.78 is 24.5. The molecule has 0 saturated heterocycles. The maximum Gasteiger partial charge on any atom is 0.266 e. The molecule has 0 unspecified atom stereocenters. The van der Waals surface area contributed by atoms with Gasteiger partial charge in [0.2, 0.25) is 0 Å². The lowest BCUT2D eigenvalue weighted by molar-refractivity contribution is -0.112. The van der Waals surface area contributed by atoms with E-state index in [9.17, 15) is 14.4 Å². The minimum absolute atomic E-state index is 0.105.